The average Bonchev–Trinajstić information content (AvgIpc) is 3.50. The molecule has 1 amide bonds. The molecule has 0 bridgehead atoms. The number of benzene rings is 1. The normalized spacial score (nSPS) is 13.6. The number of morpholine rings is 1. The van der Waals surface area contributed by atoms with Crippen molar-refractivity contribution in [2.45, 2.75) is 19.0 Å². The Morgan fingerprint density at radius 1 is 1.21 bits per heavy atom. The molecule has 1 fully saturated rings. The van der Waals surface area contributed by atoms with Crippen LogP contribution in [0.15, 0.2) is 34.8 Å². The fraction of sp³-hybridized carbons (Fsp3) is 0.409. The van der Waals surface area contributed by atoms with Gasteiger partial charge in [0.2, 0.25) is 11.1 Å². The number of amides is 1. The third-order valence-electron chi connectivity index (χ3n) is 5.03. The van der Waals surface area contributed by atoms with Gasteiger partial charge in [0, 0.05) is 25.2 Å². The van der Waals surface area contributed by atoms with Crippen molar-refractivity contribution >= 4 is 40.4 Å². The predicted octanol–water partition coefficient (Wildman–Crippen LogP) is 3.09. The number of hydrogen-bond donors (Lipinski definition) is 2. The van der Waals surface area contributed by atoms with Gasteiger partial charge >= 0.3 is 0 Å². The maximum Gasteiger partial charge on any atom is 0.234 e. The smallest absolute Gasteiger partial charge is 0.234 e. The first-order valence-electron chi connectivity index (χ1n) is 11.0. The number of nitrogens with one attached hydrogen (secondary N) is 1. The van der Waals surface area contributed by atoms with Gasteiger partial charge in [-0.1, -0.05) is 17.8 Å². The molecule has 2 aromatic heterocycles. The molecule has 3 heterocycles. The number of nitrogens with two attached hydrogens (primary N) is 1. The molecule has 1 aliphatic rings. The SMILES string of the molecule is CCOc1cc(N2CCOCC2)c(OCC)cc1NC(=O)CSc1nnc(-c2cccs2)n1N. The number of carbonyl (C=O) groups excluding carboxylic acids is 1. The highest BCUT2D eigenvalue weighted by atomic mass is 32.2. The van der Waals surface area contributed by atoms with E-state index in [4.69, 9.17) is 20.1 Å². The van der Waals surface area contributed by atoms with Crippen molar-refractivity contribution in [2.24, 2.45) is 0 Å². The second kappa shape index (κ2) is 11.4. The summed E-state index contributed by atoms with van der Waals surface area (Å²) in [6.07, 6.45) is 0. The number of hydrogen-bond acceptors (Lipinski definition) is 10. The first-order chi connectivity index (χ1) is 16.6. The number of ether oxygens (including phenoxy) is 3. The van der Waals surface area contributed by atoms with E-state index < -0.39 is 0 Å². The predicted molar refractivity (Wildman–Crippen MR) is 135 cm³/mol. The lowest BCUT2D eigenvalue weighted by atomic mass is 10.2. The Morgan fingerprint density at radius 2 is 1.97 bits per heavy atom. The van der Waals surface area contributed by atoms with Crippen LogP contribution in [0.1, 0.15) is 13.8 Å². The van der Waals surface area contributed by atoms with Crippen LogP contribution in [0.25, 0.3) is 10.7 Å². The van der Waals surface area contributed by atoms with E-state index in [9.17, 15) is 4.79 Å². The van der Waals surface area contributed by atoms with Crippen molar-refractivity contribution in [2.75, 3.05) is 61.3 Å². The topological polar surface area (TPSA) is 117 Å². The zero-order chi connectivity index (χ0) is 23.9. The number of nitrogen functional groups attached to an aromatic ring is 1. The van der Waals surface area contributed by atoms with Crippen LogP contribution in [-0.2, 0) is 9.53 Å². The van der Waals surface area contributed by atoms with Gasteiger partial charge in [-0.05, 0) is 25.3 Å². The van der Waals surface area contributed by atoms with Gasteiger partial charge in [0.05, 0.1) is 48.4 Å². The molecule has 0 aliphatic carbocycles. The Labute approximate surface area is 206 Å². The molecule has 1 aliphatic heterocycles. The van der Waals surface area contributed by atoms with Crippen molar-refractivity contribution in [3.63, 3.8) is 0 Å². The summed E-state index contributed by atoms with van der Waals surface area (Å²) in [5.41, 5.74) is 1.49. The Kier molecular flexibility index (Phi) is 8.14. The number of nitrogens with zero attached hydrogens (tertiary/aromatic N) is 4. The largest absolute Gasteiger partial charge is 0.492 e. The molecule has 12 heteroatoms. The molecule has 34 heavy (non-hydrogen) atoms. The lowest BCUT2D eigenvalue weighted by molar-refractivity contribution is -0.113. The first kappa shape index (κ1) is 24.2. The van der Waals surface area contributed by atoms with Crippen LogP contribution in [0.5, 0.6) is 11.5 Å². The fourth-order valence-electron chi connectivity index (χ4n) is 3.51. The molecule has 0 radical (unpaired) electrons. The van der Waals surface area contributed by atoms with E-state index in [-0.39, 0.29) is 11.7 Å². The maximum atomic E-state index is 12.8. The molecule has 0 atom stereocenters. The summed E-state index contributed by atoms with van der Waals surface area (Å²) in [5, 5.41) is 13.6. The molecule has 4 rings (SSSR count). The second-order valence-corrected chi connectivity index (χ2v) is 9.16. The highest BCUT2D eigenvalue weighted by Gasteiger charge is 2.21. The molecule has 10 nitrogen and oxygen atoms in total. The van der Waals surface area contributed by atoms with Gasteiger partial charge in [-0.2, -0.15) is 0 Å². The summed E-state index contributed by atoms with van der Waals surface area (Å²) in [5.74, 6) is 7.88. The number of thioether (sulfide) groups is 1. The summed E-state index contributed by atoms with van der Waals surface area (Å²) in [7, 11) is 0. The minimum absolute atomic E-state index is 0.112. The summed E-state index contributed by atoms with van der Waals surface area (Å²) in [4.78, 5) is 15.9. The molecule has 0 spiro atoms. The Bertz CT molecular complexity index is 1100. The van der Waals surface area contributed by atoms with Crippen molar-refractivity contribution < 1.29 is 19.0 Å². The van der Waals surface area contributed by atoms with Crippen LogP contribution < -0.4 is 25.5 Å². The quantitative estimate of drug-likeness (QED) is 0.317. The van der Waals surface area contributed by atoms with Gasteiger partial charge in [-0.25, -0.2) is 4.68 Å². The molecule has 0 saturated carbocycles. The van der Waals surface area contributed by atoms with Crippen molar-refractivity contribution in [3.05, 3.63) is 29.6 Å². The number of rotatable bonds is 10. The van der Waals surface area contributed by atoms with Gasteiger partial charge in [0.25, 0.3) is 0 Å². The molecule has 3 aromatic rings. The molecule has 3 N–H and O–H groups in total. The third kappa shape index (κ3) is 5.57. The first-order valence-corrected chi connectivity index (χ1v) is 12.9. The van der Waals surface area contributed by atoms with Crippen LogP contribution in [0.2, 0.25) is 0 Å². The van der Waals surface area contributed by atoms with Crippen LogP contribution >= 0.6 is 23.1 Å². The van der Waals surface area contributed by atoms with E-state index >= 15 is 0 Å². The highest BCUT2D eigenvalue weighted by molar-refractivity contribution is 7.99. The summed E-state index contributed by atoms with van der Waals surface area (Å²) in [6, 6.07) is 7.59. The molecule has 182 valence electrons. The Hall–Kier alpha value is -2.96. The summed E-state index contributed by atoms with van der Waals surface area (Å²) in [6.45, 7) is 7.66. The van der Waals surface area contributed by atoms with Crippen LogP contribution in [0, 0.1) is 0 Å². The monoisotopic (exact) mass is 504 g/mol. The lowest BCUT2D eigenvalue weighted by Crippen LogP contribution is -2.36. The van der Waals surface area contributed by atoms with Gasteiger partial charge in [0.1, 0.15) is 11.5 Å². The standard InChI is InChI=1S/C22H28N6O4S2/c1-3-31-17-13-16(27-7-9-30-10-8-27)18(32-4-2)12-15(17)24-20(29)14-34-22-26-25-21(28(22)23)19-6-5-11-33-19/h5-6,11-13H,3-4,7-10,14,23H2,1-2H3,(H,24,29). The summed E-state index contributed by atoms with van der Waals surface area (Å²) >= 11 is 2.74. The minimum atomic E-state index is -0.215. The van der Waals surface area contributed by atoms with Crippen molar-refractivity contribution in [3.8, 4) is 22.2 Å². The molecule has 1 saturated heterocycles. The van der Waals surface area contributed by atoms with E-state index in [1.165, 1.54) is 27.8 Å². The number of anilines is 2. The van der Waals surface area contributed by atoms with Gasteiger partial charge < -0.3 is 30.3 Å². The van der Waals surface area contributed by atoms with Gasteiger partial charge in [-0.3, -0.25) is 4.79 Å². The Balaban J connectivity index is 1.48. The highest BCUT2D eigenvalue weighted by Crippen LogP contribution is 2.39. The zero-order valence-electron chi connectivity index (χ0n) is 19.2. The van der Waals surface area contributed by atoms with E-state index in [1.54, 1.807) is 0 Å². The van der Waals surface area contributed by atoms with Crippen molar-refractivity contribution in [1.29, 1.82) is 0 Å². The van der Waals surface area contributed by atoms with Crippen LogP contribution in [0.4, 0.5) is 11.4 Å². The molecule has 1 aromatic carbocycles. The van der Waals surface area contributed by atoms with E-state index in [0.717, 1.165) is 23.7 Å². The zero-order valence-corrected chi connectivity index (χ0v) is 20.8. The van der Waals surface area contributed by atoms with E-state index in [2.05, 4.69) is 20.4 Å². The molecular formula is C22H28N6O4S2. The van der Waals surface area contributed by atoms with E-state index in [0.29, 0.717) is 54.6 Å². The molecule has 0 unspecified atom stereocenters. The number of aromatic nitrogens is 3. The number of carbonyl (C=O) groups is 1. The number of thiophene rings is 1. The van der Waals surface area contributed by atoms with Crippen molar-refractivity contribution in [1.82, 2.24) is 14.9 Å². The lowest BCUT2D eigenvalue weighted by Gasteiger charge is -2.31. The van der Waals surface area contributed by atoms with Crippen LogP contribution in [-0.4, -0.2) is 66.1 Å². The summed E-state index contributed by atoms with van der Waals surface area (Å²) < 4.78 is 18.6. The second-order valence-electron chi connectivity index (χ2n) is 7.27. The van der Waals surface area contributed by atoms with Gasteiger partial charge in [0.15, 0.2) is 5.82 Å². The third-order valence-corrected chi connectivity index (χ3v) is 6.83. The van der Waals surface area contributed by atoms with E-state index in [1.807, 2.05) is 43.5 Å². The minimum Gasteiger partial charge on any atom is -0.492 e. The molecular weight excluding hydrogens is 476 g/mol. The van der Waals surface area contributed by atoms with Crippen LogP contribution in [0.3, 0.4) is 0 Å². The van der Waals surface area contributed by atoms with Gasteiger partial charge in [-0.15, -0.1) is 21.5 Å². The Morgan fingerprint density at radius 3 is 2.68 bits per heavy atom. The average molecular weight is 505 g/mol. The maximum absolute atomic E-state index is 12.8. The fourth-order valence-corrected chi connectivity index (χ4v) is 4.87.